The van der Waals surface area contributed by atoms with Crippen molar-refractivity contribution in [1.29, 1.82) is 0 Å². The summed E-state index contributed by atoms with van der Waals surface area (Å²) in [7, 11) is 1.57. The third-order valence-corrected chi connectivity index (χ3v) is 4.03. The molecule has 0 spiro atoms. The molecular weight excluding hydrogens is 358 g/mol. The van der Waals surface area contributed by atoms with E-state index in [0.29, 0.717) is 23.5 Å². The zero-order valence-electron chi connectivity index (χ0n) is 16.2. The highest BCUT2D eigenvalue weighted by molar-refractivity contribution is 5.97. The van der Waals surface area contributed by atoms with Crippen LogP contribution in [0.15, 0.2) is 48.5 Å². The van der Waals surface area contributed by atoms with Gasteiger partial charge in [-0.2, -0.15) is 0 Å². The fraction of sp³-hybridized carbons (Fsp3) is 0.286. The highest BCUT2D eigenvalue weighted by Crippen LogP contribution is 2.21. The Kier molecular flexibility index (Phi) is 7.56. The van der Waals surface area contributed by atoms with E-state index in [1.165, 1.54) is 6.92 Å². The van der Waals surface area contributed by atoms with E-state index in [4.69, 9.17) is 4.74 Å². The number of amides is 3. The SMILES string of the molecule is CCNC(=O)c1cccc(NC(=O)C[C@H](NC(C)=O)c2ccc(OC)cc2)c1. The summed E-state index contributed by atoms with van der Waals surface area (Å²) in [6, 6.07) is 13.4. The summed E-state index contributed by atoms with van der Waals surface area (Å²) in [5.41, 5.74) is 1.78. The van der Waals surface area contributed by atoms with Crippen LogP contribution >= 0.6 is 0 Å². The molecule has 0 saturated heterocycles. The second kappa shape index (κ2) is 10.1. The largest absolute Gasteiger partial charge is 0.497 e. The molecule has 0 fully saturated rings. The average molecular weight is 383 g/mol. The van der Waals surface area contributed by atoms with Gasteiger partial charge in [-0.3, -0.25) is 14.4 Å². The van der Waals surface area contributed by atoms with Crippen molar-refractivity contribution in [1.82, 2.24) is 10.6 Å². The molecule has 148 valence electrons. The Bertz CT molecular complexity index is 834. The van der Waals surface area contributed by atoms with Gasteiger partial charge in [-0.1, -0.05) is 18.2 Å². The minimum atomic E-state index is -0.477. The number of anilines is 1. The van der Waals surface area contributed by atoms with Crippen molar-refractivity contribution in [3.8, 4) is 5.75 Å². The van der Waals surface area contributed by atoms with Gasteiger partial charge in [-0.05, 0) is 42.8 Å². The minimum Gasteiger partial charge on any atom is -0.497 e. The molecule has 0 saturated carbocycles. The van der Waals surface area contributed by atoms with Crippen LogP contribution in [-0.2, 0) is 9.59 Å². The molecule has 0 aliphatic carbocycles. The summed E-state index contributed by atoms with van der Waals surface area (Å²) in [5.74, 6) is -0.0145. The van der Waals surface area contributed by atoms with Crippen molar-refractivity contribution in [2.45, 2.75) is 26.3 Å². The van der Waals surface area contributed by atoms with Crippen molar-refractivity contribution < 1.29 is 19.1 Å². The fourth-order valence-corrected chi connectivity index (χ4v) is 2.73. The maximum absolute atomic E-state index is 12.5. The molecular formula is C21H25N3O4. The van der Waals surface area contributed by atoms with Crippen LogP contribution in [0.2, 0.25) is 0 Å². The molecule has 2 aromatic rings. The molecule has 2 aromatic carbocycles. The Morgan fingerprint density at radius 2 is 1.79 bits per heavy atom. The van der Waals surface area contributed by atoms with E-state index in [1.807, 2.05) is 19.1 Å². The maximum atomic E-state index is 12.5. The predicted molar refractivity (Wildman–Crippen MR) is 107 cm³/mol. The van der Waals surface area contributed by atoms with Crippen LogP contribution < -0.4 is 20.7 Å². The van der Waals surface area contributed by atoms with Gasteiger partial charge in [-0.15, -0.1) is 0 Å². The molecule has 3 N–H and O–H groups in total. The Morgan fingerprint density at radius 3 is 2.39 bits per heavy atom. The topological polar surface area (TPSA) is 96.5 Å². The number of hydrogen-bond acceptors (Lipinski definition) is 4. The van der Waals surface area contributed by atoms with Crippen LogP contribution in [0.1, 0.15) is 42.2 Å². The summed E-state index contributed by atoms with van der Waals surface area (Å²) in [6.07, 6.45) is 0.0529. The van der Waals surface area contributed by atoms with Crippen molar-refractivity contribution in [3.05, 3.63) is 59.7 Å². The second-order valence-electron chi connectivity index (χ2n) is 6.22. The van der Waals surface area contributed by atoms with E-state index in [-0.39, 0.29) is 24.1 Å². The van der Waals surface area contributed by atoms with Crippen LogP contribution in [0.5, 0.6) is 5.75 Å². The quantitative estimate of drug-likeness (QED) is 0.653. The molecule has 0 aromatic heterocycles. The first kappa shape index (κ1) is 21.0. The highest BCUT2D eigenvalue weighted by atomic mass is 16.5. The van der Waals surface area contributed by atoms with Gasteiger partial charge < -0.3 is 20.7 Å². The van der Waals surface area contributed by atoms with Gasteiger partial charge in [0.1, 0.15) is 5.75 Å². The van der Waals surface area contributed by atoms with Gasteiger partial charge in [0.15, 0.2) is 0 Å². The lowest BCUT2D eigenvalue weighted by Gasteiger charge is -2.18. The Morgan fingerprint density at radius 1 is 1.07 bits per heavy atom. The number of ether oxygens (including phenoxy) is 1. The molecule has 3 amide bonds. The number of methoxy groups -OCH3 is 1. The summed E-state index contributed by atoms with van der Waals surface area (Å²) >= 11 is 0. The number of rotatable bonds is 8. The number of carbonyl (C=O) groups excluding carboxylic acids is 3. The Balaban J connectivity index is 2.09. The number of carbonyl (C=O) groups is 3. The molecule has 0 unspecified atom stereocenters. The van der Waals surface area contributed by atoms with Gasteiger partial charge in [0.25, 0.3) is 5.91 Å². The molecule has 0 radical (unpaired) electrons. The average Bonchev–Trinajstić information content (AvgIpc) is 2.67. The molecule has 7 heteroatoms. The van der Waals surface area contributed by atoms with E-state index in [1.54, 1.807) is 43.5 Å². The molecule has 28 heavy (non-hydrogen) atoms. The summed E-state index contributed by atoms with van der Waals surface area (Å²) in [6.45, 7) is 3.77. The third-order valence-electron chi connectivity index (χ3n) is 4.03. The Labute approximate surface area is 164 Å². The highest BCUT2D eigenvalue weighted by Gasteiger charge is 2.18. The van der Waals surface area contributed by atoms with Crippen LogP contribution in [0, 0.1) is 0 Å². The fourth-order valence-electron chi connectivity index (χ4n) is 2.73. The first-order valence-corrected chi connectivity index (χ1v) is 9.02. The minimum absolute atomic E-state index is 0.0529. The van der Waals surface area contributed by atoms with Gasteiger partial charge in [0.05, 0.1) is 19.6 Å². The molecule has 1 atom stereocenters. The summed E-state index contributed by atoms with van der Waals surface area (Å²) in [5, 5.41) is 8.29. The molecule has 0 aliphatic rings. The van der Waals surface area contributed by atoms with Crippen LogP contribution in [0.3, 0.4) is 0 Å². The van der Waals surface area contributed by atoms with Crippen LogP contribution in [-0.4, -0.2) is 31.4 Å². The molecule has 0 bridgehead atoms. The van der Waals surface area contributed by atoms with E-state index >= 15 is 0 Å². The summed E-state index contributed by atoms with van der Waals surface area (Å²) < 4.78 is 5.14. The third kappa shape index (κ3) is 6.12. The Hall–Kier alpha value is -3.35. The smallest absolute Gasteiger partial charge is 0.251 e. The van der Waals surface area contributed by atoms with Gasteiger partial charge in [0, 0.05) is 24.7 Å². The summed E-state index contributed by atoms with van der Waals surface area (Å²) in [4.78, 5) is 36.0. The van der Waals surface area contributed by atoms with E-state index < -0.39 is 6.04 Å². The van der Waals surface area contributed by atoms with E-state index in [2.05, 4.69) is 16.0 Å². The van der Waals surface area contributed by atoms with Crippen LogP contribution in [0.4, 0.5) is 5.69 Å². The lowest BCUT2D eigenvalue weighted by atomic mass is 10.0. The van der Waals surface area contributed by atoms with E-state index in [0.717, 1.165) is 5.56 Å². The zero-order chi connectivity index (χ0) is 20.5. The lowest BCUT2D eigenvalue weighted by molar-refractivity contribution is -0.120. The number of benzene rings is 2. The van der Waals surface area contributed by atoms with E-state index in [9.17, 15) is 14.4 Å². The molecule has 0 aliphatic heterocycles. The number of nitrogens with one attached hydrogen (secondary N) is 3. The van der Waals surface area contributed by atoms with Crippen molar-refractivity contribution in [3.63, 3.8) is 0 Å². The number of hydrogen-bond donors (Lipinski definition) is 3. The molecule has 0 heterocycles. The van der Waals surface area contributed by atoms with Crippen molar-refractivity contribution in [2.24, 2.45) is 0 Å². The zero-order valence-corrected chi connectivity index (χ0v) is 16.2. The normalized spacial score (nSPS) is 11.2. The first-order chi connectivity index (χ1) is 13.4. The maximum Gasteiger partial charge on any atom is 0.251 e. The standard InChI is InChI=1S/C21H25N3O4/c1-4-22-21(27)16-6-5-7-17(12-16)24-20(26)13-19(23-14(2)25)15-8-10-18(28-3)11-9-15/h5-12,19H,4,13H2,1-3H3,(H,22,27)(H,23,25)(H,24,26)/t19-/m0/s1. The predicted octanol–water partition coefficient (Wildman–Crippen LogP) is 2.65. The first-order valence-electron chi connectivity index (χ1n) is 9.02. The van der Waals surface area contributed by atoms with Crippen LogP contribution in [0.25, 0.3) is 0 Å². The lowest BCUT2D eigenvalue weighted by Crippen LogP contribution is -2.29. The van der Waals surface area contributed by atoms with Gasteiger partial charge in [-0.25, -0.2) is 0 Å². The van der Waals surface area contributed by atoms with Crippen molar-refractivity contribution in [2.75, 3.05) is 19.0 Å². The second-order valence-corrected chi connectivity index (χ2v) is 6.22. The van der Waals surface area contributed by atoms with Crippen molar-refractivity contribution >= 4 is 23.4 Å². The molecule has 2 rings (SSSR count). The molecule has 7 nitrogen and oxygen atoms in total. The van der Waals surface area contributed by atoms with Gasteiger partial charge >= 0.3 is 0 Å². The van der Waals surface area contributed by atoms with Gasteiger partial charge in [0.2, 0.25) is 11.8 Å². The monoisotopic (exact) mass is 383 g/mol.